The normalized spacial score (nSPS) is 44.2. The maximum atomic E-state index is 12.4. The van der Waals surface area contributed by atoms with Crippen molar-refractivity contribution in [1.29, 1.82) is 0 Å². The Morgan fingerprint density at radius 3 is 2.00 bits per heavy atom. The summed E-state index contributed by atoms with van der Waals surface area (Å²) >= 11 is 0. The molecule has 10 rings (SSSR count). The lowest BCUT2D eigenvalue weighted by atomic mass is 9.49. The van der Waals surface area contributed by atoms with Crippen molar-refractivity contribution in [2.45, 2.75) is 104 Å². The van der Waals surface area contributed by atoms with Crippen molar-refractivity contribution in [2.24, 2.45) is 0 Å². The number of piperidine rings is 2. The van der Waals surface area contributed by atoms with Gasteiger partial charge >= 0.3 is 0 Å². The van der Waals surface area contributed by atoms with Crippen LogP contribution in [-0.4, -0.2) is 86.0 Å². The fourth-order valence-electron chi connectivity index (χ4n) is 10.6. The number of Topliss-reactive ketones (excluding diaryl/α,β-unsaturated/α-hetero) is 1. The van der Waals surface area contributed by atoms with Gasteiger partial charge in [-0.3, -0.25) is 4.79 Å². The lowest BCUT2D eigenvalue weighted by molar-refractivity contribution is -0.179. The molecule has 0 radical (unpaired) electrons. The van der Waals surface area contributed by atoms with Gasteiger partial charge in [-0.15, -0.1) is 0 Å². The number of hydrogen-bond donors (Lipinski definition) is 7. The Morgan fingerprint density at radius 1 is 0.762 bits per heavy atom. The number of nitrogens with one attached hydrogen (secondary N) is 2. The number of ketones is 1. The molecule has 2 aromatic rings. The third kappa shape index (κ3) is 2.65. The van der Waals surface area contributed by atoms with Crippen LogP contribution in [0.2, 0.25) is 0 Å². The van der Waals surface area contributed by atoms with E-state index in [9.17, 15) is 30.3 Å². The van der Waals surface area contributed by atoms with E-state index < -0.39 is 40.3 Å². The molecule has 2 aromatic carbocycles. The van der Waals surface area contributed by atoms with Crippen LogP contribution in [0.5, 0.6) is 23.0 Å². The molecule has 9 atom stereocenters. The van der Waals surface area contributed by atoms with Crippen molar-refractivity contribution in [2.75, 3.05) is 13.1 Å². The SMILES string of the molecule is O=C1CC[C@@]2(O)[C@H]3Cc4ccc(O)c5c4[C@@]2(CCN3)[C@H]1O5.Oc1ccc2c3c1O[C@H]1[C@@H](O)CC[C@@]4(O)[C@@H](C2)NCC[C@]314. The van der Waals surface area contributed by atoms with Crippen molar-refractivity contribution < 1.29 is 39.8 Å². The van der Waals surface area contributed by atoms with Crippen LogP contribution in [-0.2, 0) is 28.5 Å². The zero-order valence-corrected chi connectivity index (χ0v) is 23.2. The van der Waals surface area contributed by atoms with Crippen molar-refractivity contribution >= 4 is 5.78 Å². The molecule has 10 nitrogen and oxygen atoms in total. The third-order valence-corrected chi connectivity index (χ3v) is 12.3. The van der Waals surface area contributed by atoms with Gasteiger partial charge in [-0.25, -0.2) is 0 Å². The lowest BCUT2D eigenvalue weighted by Gasteiger charge is -2.61. The molecule has 4 aliphatic carbocycles. The van der Waals surface area contributed by atoms with Gasteiger partial charge < -0.3 is 45.6 Å². The van der Waals surface area contributed by atoms with Crippen LogP contribution in [0.1, 0.15) is 60.8 Å². The Bertz CT molecular complexity index is 1560. The van der Waals surface area contributed by atoms with Crippen LogP contribution < -0.4 is 20.1 Å². The molecule has 4 heterocycles. The average Bonchev–Trinajstić information content (AvgIpc) is 3.50. The van der Waals surface area contributed by atoms with Gasteiger partial charge in [-0.1, -0.05) is 12.1 Å². The van der Waals surface area contributed by atoms with Crippen LogP contribution in [0.25, 0.3) is 0 Å². The zero-order valence-electron chi connectivity index (χ0n) is 23.2. The summed E-state index contributed by atoms with van der Waals surface area (Å²) in [6.07, 6.45) is 3.06. The predicted octanol–water partition coefficient (Wildman–Crippen LogP) is 0.598. The molecule has 4 bridgehead atoms. The van der Waals surface area contributed by atoms with Crippen LogP contribution in [0, 0.1) is 0 Å². The molecular formula is C32H36N2O8. The fourth-order valence-corrected chi connectivity index (χ4v) is 10.6. The van der Waals surface area contributed by atoms with Gasteiger partial charge in [0.15, 0.2) is 34.9 Å². The quantitative estimate of drug-likeness (QED) is 0.237. The second kappa shape index (κ2) is 7.98. The molecule has 0 aromatic heterocycles. The van der Waals surface area contributed by atoms with Gasteiger partial charge in [0, 0.05) is 29.6 Å². The largest absolute Gasteiger partial charge is 0.504 e. The minimum absolute atomic E-state index is 0.00663. The number of aliphatic hydroxyl groups is 3. The molecule has 0 unspecified atom stereocenters. The van der Waals surface area contributed by atoms with E-state index in [1.165, 1.54) is 0 Å². The summed E-state index contributed by atoms with van der Waals surface area (Å²) in [6, 6.07) is 7.07. The number of hydrogen-bond acceptors (Lipinski definition) is 10. The van der Waals surface area contributed by atoms with Gasteiger partial charge in [-0.05, 0) is 81.3 Å². The number of aliphatic hydroxyl groups excluding tert-OH is 1. The number of phenols is 2. The molecule has 222 valence electrons. The second-order valence-corrected chi connectivity index (χ2v) is 13.7. The Balaban J connectivity index is 0.000000119. The summed E-state index contributed by atoms with van der Waals surface area (Å²) in [5.41, 5.74) is 0.926. The predicted molar refractivity (Wildman–Crippen MR) is 148 cm³/mol. The van der Waals surface area contributed by atoms with Crippen LogP contribution in [0.4, 0.5) is 0 Å². The Labute approximate surface area is 242 Å². The minimum Gasteiger partial charge on any atom is -0.504 e. The van der Waals surface area contributed by atoms with E-state index in [1.54, 1.807) is 12.1 Å². The van der Waals surface area contributed by atoms with Gasteiger partial charge in [-0.2, -0.15) is 0 Å². The first kappa shape index (κ1) is 25.6. The molecule has 2 spiro atoms. The Morgan fingerprint density at radius 2 is 1.33 bits per heavy atom. The van der Waals surface area contributed by atoms with Gasteiger partial charge in [0.25, 0.3) is 0 Å². The Kier molecular flexibility index (Phi) is 4.86. The number of carbonyl (C=O) groups excluding carboxylic acids is 1. The van der Waals surface area contributed by atoms with E-state index in [0.29, 0.717) is 50.0 Å². The highest BCUT2D eigenvalue weighted by Crippen LogP contribution is 2.65. The van der Waals surface area contributed by atoms with Gasteiger partial charge in [0.1, 0.15) is 6.10 Å². The molecule has 42 heavy (non-hydrogen) atoms. The first-order valence-corrected chi connectivity index (χ1v) is 15.3. The highest BCUT2D eigenvalue weighted by atomic mass is 16.5. The number of benzene rings is 2. The summed E-state index contributed by atoms with van der Waals surface area (Å²) in [4.78, 5) is 12.4. The van der Waals surface area contributed by atoms with Crippen molar-refractivity contribution in [1.82, 2.24) is 10.6 Å². The maximum absolute atomic E-state index is 12.4. The number of carbonyl (C=O) groups is 1. The van der Waals surface area contributed by atoms with Crippen molar-refractivity contribution in [3.63, 3.8) is 0 Å². The van der Waals surface area contributed by atoms with E-state index >= 15 is 0 Å². The second-order valence-electron chi connectivity index (χ2n) is 13.7. The molecule has 0 amide bonds. The van der Waals surface area contributed by atoms with Gasteiger partial charge in [0.05, 0.1) is 28.1 Å². The van der Waals surface area contributed by atoms with E-state index in [4.69, 9.17) is 9.47 Å². The smallest absolute Gasteiger partial charge is 0.174 e. The average molecular weight is 577 g/mol. The van der Waals surface area contributed by atoms with Gasteiger partial charge in [0.2, 0.25) is 0 Å². The zero-order chi connectivity index (χ0) is 28.8. The summed E-state index contributed by atoms with van der Waals surface area (Å²) in [5.74, 6) is 1.14. The summed E-state index contributed by atoms with van der Waals surface area (Å²) in [7, 11) is 0. The monoisotopic (exact) mass is 576 g/mol. The van der Waals surface area contributed by atoms with E-state index in [1.807, 2.05) is 12.1 Å². The Hall–Kier alpha value is -2.89. The van der Waals surface area contributed by atoms with E-state index in [0.717, 1.165) is 48.2 Å². The maximum Gasteiger partial charge on any atom is 0.174 e. The summed E-state index contributed by atoms with van der Waals surface area (Å²) in [5, 5.41) is 60.6. The molecular weight excluding hydrogens is 540 g/mol. The number of rotatable bonds is 0. The standard InChI is InChI=1S/C16H19NO4.C16H17NO4/c2*18-9-2-1-8-7-11-16(20)4-3-10(19)14-15(16,5-6-17-11)12(8)13(9)21-14/h1-2,10-11,14,17-20H,3-7H2;1-2,11,14,17-18,20H,3-7H2/t10-,11+,14-,15-,16+;11-,14+,15+,16-/m01/s1. The van der Waals surface area contributed by atoms with E-state index in [-0.39, 0.29) is 29.4 Å². The molecule has 10 heteroatoms. The summed E-state index contributed by atoms with van der Waals surface area (Å²) in [6.45, 7) is 1.56. The number of aromatic hydroxyl groups is 2. The number of ether oxygens (including phenoxy) is 2. The summed E-state index contributed by atoms with van der Waals surface area (Å²) < 4.78 is 11.9. The first-order valence-electron chi connectivity index (χ1n) is 15.3. The molecule has 2 saturated carbocycles. The third-order valence-electron chi connectivity index (χ3n) is 12.3. The first-order chi connectivity index (χ1) is 20.2. The van der Waals surface area contributed by atoms with E-state index in [2.05, 4.69) is 10.6 Å². The van der Waals surface area contributed by atoms with Crippen LogP contribution >= 0.6 is 0 Å². The molecule has 4 aliphatic heterocycles. The number of phenolic OH excluding ortho intramolecular Hbond substituents is 2. The topological polar surface area (TPSA) is 161 Å². The fraction of sp³-hybridized carbons (Fsp3) is 0.594. The molecule has 4 fully saturated rings. The minimum atomic E-state index is -0.962. The van der Waals surface area contributed by atoms with Crippen molar-refractivity contribution in [3.8, 4) is 23.0 Å². The molecule has 7 N–H and O–H groups in total. The lowest BCUT2D eigenvalue weighted by Crippen LogP contribution is -2.76. The highest BCUT2D eigenvalue weighted by molar-refractivity contribution is 5.90. The van der Waals surface area contributed by atoms with Crippen LogP contribution in [0.3, 0.4) is 0 Å². The highest BCUT2D eigenvalue weighted by Gasteiger charge is 2.73. The molecule has 8 aliphatic rings. The molecule has 2 saturated heterocycles. The van der Waals surface area contributed by atoms with Crippen LogP contribution in [0.15, 0.2) is 24.3 Å². The van der Waals surface area contributed by atoms with Crippen molar-refractivity contribution in [3.05, 3.63) is 46.5 Å².